The Morgan fingerprint density at radius 3 is 2.49 bits per heavy atom. The second-order valence-electron chi connectivity index (χ2n) is 12.3. The van der Waals surface area contributed by atoms with E-state index in [9.17, 15) is 22.8 Å². The van der Waals surface area contributed by atoms with Crippen molar-refractivity contribution in [2.24, 2.45) is 0 Å². The minimum Gasteiger partial charge on any atom is -0.482 e. The van der Waals surface area contributed by atoms with Crippen LogP contribution in [-0.4, -0.2) is 79.2 Å². The van der Waals surface area contributed by atoms with Gasteiger partial charge in [-0.3, -0.25) is 19.5 Å². The van der Waals surface area contributed by atoms with Crippen molar-refractivity contribution in [1.82, 2.24) is 25.5 Å². The quantitative estimate of drug-likeness (QED) is 0.233. The zero-order chi connectivity index (χ0) is 33.7. The predicted octanol–water partition coefficient (Wildman–Crippen LogP) is 5.03. The molecule has 1 aliphatic heterocycles. The van der Waals surface area contributed by atoms with Crippen molar-refractivity contribution in [3.8, 4) is 5.75 Å². The third kappa shape index (κ3) is 8.85. The van der Waals surface area contributed by atoms with Crippen LogP contribution in [0.4, 0.5) is 19.0 Å². The number of methoxy groups -OCH3 is 1. The molecule has 3 aromatic rings. The van der Waals surface area contributed by atoms with Gasteiger partial charge in [0.25, 0.3) is 11.8 Å². The Morgan fingerprint density at radius 2 is 1.85 bits per heavy atom. The molecule has 2 atom stereocenters. The van der Waals surface area contributed by atoms with Crippen molar-refractivity contribution >= 4 is 17.6 Å². The third-order valence-corrected chi connectivity index (χ3v) is 8.38. The lowest BCUT2D eigenvalue weighted by Gasteiger charge is -2.34. The minimum atomic E-state index is -4.56. The number of amides is 2. The van der Waals surface area contributed by atoms with Gasteiger partial charge in [-0.25, -0.2) is 4.98 Å². The van der Waals surface area contributed by atoms with Gasteiger partial charge in [0.05, 0.1) is 23.4 Å². The fourth-order valence-corrected chi connectivity index (χ4v) is 5.62. The fourth-order valence-electron chi connectivity index (χ4n) is 5.62. The highest BCUT2D eigenvalue weighted by Crippen LogP contribution is 2.40. The summed E-state index contributed by atoms with van der Waals surface area (Å²) in [5, 5.41) is 8.85. The van der Waals surface area contributed by atoms with E-state index in [1.165, 1.54) is 25.7 Å². The van der Waals surface area contributed by atoms with Gasteiger partial charge in [-0.2, -0.15) is 13.2 Å². The van der Waals surface area contributed by atoms with Crippen molar-refractivity contribution in [2.45, 2.75) is 57.9 Å². The lowest BCUT2D eigenvalue weighted by Crippen LogP contribution is -2.50. The molecule has 2 aromatic heterocycles. The number of benzene rings is 1. The van der Waals surface area contributed by atoms with Gasteiger partial charge in [0, 0.05) is 63.8 Å². The van der Waals surface area contributed by atoms with Crippen molar-refractivity contribution in [2.75, 3.05) is 51.8 Å². The maximum Gasteiger partial charge on any atom is 0.417 e. The highest BCUT2D eigenvalue weighted by molar-refractivity contribution is 6.07. The Kier molecular flexibility index (Phi) is 10.8. The number of carbonyl (C=O) groups excluding carboxylic acids is 2. The molecule has 1 saturated heterocycles. The molecule has 3 heterocycles. The molecule has 2 amide bonds. The average molecular weight is 655 g/mol. The summed E-state index contributed by atoms with van der Waals surface area (Å²) < 4.78 is 51.2. The second-order valence-corrected chi connectivity index (χ2v) is 12.3. The number of pyridine rings is 2. The van der Waals surface area contributed by atoms with E-state index in [4.69, 9.17) is 14.5 Å². The molecular weight excluding hydrogens is 613 g/mol. The van der Waals surface area contributed by atoms with Gasteiger partial charge in [0.15, 0.2) is 6.10 Å². The van der Waals surface area contributed by atoms with Crippen LogP contribution in [0.5, 0.6) is 5.75 Å². The molecule has 1 aromatic carbocycles. The lowest BCUT2D eigenvalue weighted by atomic mass is 10.0. The van der Waals surface area contributed by atoms with Crippen molar-refractivity contribution in [3.05, 3.63) is 81.8 Å². The van der Waals surface area contributed by atoms with Crippen LogP contribution >= 0.6 is 0 Å². The SMILES string of the molecule is COCCNC(=O)c1cc(C(=O)Nc2ncc(C(F)(F)F)cc2C)c(C)cc1O[C@H](CN1CCN[C@H](C)C1)c1ccc(C2CC2)cn1. The Hall–Kier alpha value is -4.07. The van der Waals surface area contributed by atoms with Crippen LogP contribution < -0.4 is 20.7 Å². The highest BCUT2D eigenvalue weighted by atomic mass is 19.4. The zero-order valence-electron chi connectivity index (χ0n) is 27.0. The van der Waals surface area contributed by atoms with E-state index in [0.29, 0.717) is 30.3 Å². The molecule has 10 nitrogen and oxygen atoms in total. The maximum atomic E-state index is 13.5. The summed E-state index contributed by atoms with van der Waals surface area (Å²) >= 11 is 0. The van der Waals surface area contributed by atoms with E-state index in [2.05, 4.69) is 38.8 Å². The fraction of sp³-hybridized carbons (Fsp3) is 0.471. The molecule has 252 valence electrons. The molecule has 0 spiro atoms. The zero-order valence-corrected chi connectivity index (χ0v) is 27.0. The smallest absolute Gasteiger partial charge is 0.417 e. The molecule has 1 aliphatic carbocycles. The topological polar surface area (TPSA) is 118 Å². The molecule has 0 unspecified atom stereocenters. The number of aromatic nitrogens is 2. The van der Waals surface area contributed by atoms with E-state index in [1.807, 2.05) is 12.3 Å². The highest BCUT2D eigenvalue weighted by Gasteiger charge is 2.32. The second kappa shape index (κ2) is 14.8. The maximum absolute atomic E-state index is 13.5. The minimum absolute atomic E-state index is 0.0140. The number of nitrogens with zero attached hydrogens (tertiary/aromatic N) is 3. The monoisotopic (exact) mass is 654 g/mol. The first-order chi connectivity index (χ1) is 22.4. The number of piperazine rings is 1. The number of ether oxygens (including phenoxy) is 2. The summed E-state index contributed by atoms with van der Waals surface area (Å²) in [7, 11) is 1.52. The Bertz CT molecular complexity index is 1580. The van der Waals surface area contributed by atoms with Crippen molar-refractivity contribution in [1.29, 1.82) is 0 Å². The van der Waals surface area contributed by atoms with Gasteiger partial charge in [-0.05, 0) is 80.5 Å². The van der Waals surface area contributed by atoms with Crippen molar-refractivity contribution < 1.29 is 32.2 Å². The van der Waals surface area contributed by atoms with Crippen LogP contribution in [0.1, 0.15) is 80.5 Å². The summed E-state index contributed by atoms with van der Waals surface area (Å²) in [6, 6.07) is 8.38. The first-order valence-corrected chi connectivity index (χ1v) is 15.8. The van der Waals surface area contributed by atoms with Crippen LogP contribution in [0.15, 0.2) is 42.7 Å². The molecule has 0 radical (unpaired) electrons. The standard InChI is InChI=1S/C34H41F3N6O4/c1-20-14-29(47-30(19-43-11-9-38-22(3)18-43)28-8-7-24(16-40-28)23-5-6-23)27(32(44)39-10-12-46-4)15-26(20)33(45)42-31-21(2)13-25(17-41-31)34(35,36)37/h7-8,13-17,22-23,30,38H,5-6,9-12,18-19H2,1-4H3,(H,39,44)(H,41,42,45)/t22-,30-/m1/s1. The van der Waals surface area contributed by atoms with E-state index in [0.717, 1.165) is 44.2 Å². The summed E-state index contributed by atoms with van der Waals surface area (Å²) in [6.07, 6.45) is -0.182. The van der Waals surface area contributed by atoms with Gasteiger partial charge in [0.2, 0.25) is 0 Å². The largest absolute Gasteiger partial charge is 0.482 e. The predicted molar refractivity (Wildman–Crippen MR) is 171 cm³/mol. The van der Waals surface area contributed by atoms with E-state index >= 15 is 0 Å². The Labute approximate surface area is 272 Å². The van der Waals surface area contributed by atoms with Crippen LogP contribution in [0.25, 0.3) is 0 Å². The molecule has 1 saturated carbocycles. The number of hydrogen-bond donors (Lipinski definition) is 3. The number of hydrogen-bond acceptors (Lipinski definition) is 8. The first kappa shape index (κ1) is 34.3. The third-order valence-electron chi connectivity index (χ3n) is 8.38. The lowest BCUT2D eigenvalue weighted by molar-refractivity contribution is -0.137. The number of rotatable bonds is 12. The average Bonchev–Trinajstić information content (AvgIpc) is 3.87. The van der Waals surface area contributed by atoms with Gasteiger partial charge in [-0.15, -0.1) is 0 Å². The molecule has 0 bridgehead atoms. The molecule has 2 fully saturated rings. The summed E-state index contributed by atoms with van der Waals surface area (Å²) in [4.78, 5) is 37.9. The van der Waals surface area contributed by atoms with Crippen LogP contribution in [0, 0.1) is 13.8 Å². The van der Waals surface area contributed by atoms with E-state index in [1.54, 1.807) is 13.0 Å². The molecule has 47 heavy (non-hydrogen) atoms. The van der Waals surface area contributed by atoms with Gasteiger partial charge in [-0.1, -0.05) is 6.07 Å². The summed E-state index contributed by atoms with van der Waals surface area (Å²) in [5.41, 5.74) is 1.94. The molecule has 3 N–H and O–H groups in total. The van der Waals surface area contributed by atoms with Gasteiger partial charge in [0.1, 0.15) is 11.6 Å². The number of anilines is 1. The summed E-state index contributed by atoms with van der Waals surface area (Å²) in [6.45, 7) is 8.79. The van der Waals surface area contributed by atoms with E-state index in [-0.39, 0.29) is 41.4 Å². The normalized spacial score (nSPS) is 17.6. The van der Waals surface area contributed by atoms with Crippen LogP contribution in [0.3, 0.4) is 0 Å². The van der Waals surface area contributed by atoms with Crippen LogP contribution in [0.2, 0.25) is 0 Å². The number of halogens is 3. The van der Waals surface area contributed by atoms with Gasteiger partial charge < -0.3 is 25.4 Å². The van der Waals surface area contributed by atoms with E-state index < -0.39 is 29.7 Å². The van der Waals surface area contributed by atoms with Gasteiger partial charge >= 0.3 is 6.18 Å². The molecular formula is C34H41F3N6O4. The molecule has 2 aliphatic rings. The number of carbonyl (C=O) groups is 2. The number of alkyl halides is 3. The first-order valence-electron chi connectivity index (χ1n) is 15.8. The molecule has 5 rings (SSSR count). The number of aryl methyl sites for hydroxylation is 2. The Morgan fingerprint density at radius 1 is 1.06 bits per heavy atom. The summed E-state index contributed by atoms with van der Waals surface area (Å²) in [5.74, 6) is -0.283. The Balaban J connectivity index is 1.46. The number of nitrogens with one attached hydrogen (secondary N) is 3. The molecule has 13 heteroatoms. The van der Waals surface area contributed by atoms with Crippen LogP contribution in [-0.2, 0) is 10.9 Å². The van der Waals surface area contributed by atoms with Crippen molar-refractivity contribution in [3.63, 3.8) is 0 Å².